The number of aliphatic hydroxyl groups is 2. The second kappa shape index (κ2) is 10.7. The van der Waals surface area contributed by atoms with Crippen molar-refractivity contribution in [2.24, 2.45) is 0 Å². The van der Waals surface area contributed by atoms with Gasteiger partial charge in [0.2, 0.25) is 11.9 Å². The molecule has 0 bridgehead atoms. The van der Waals surface area contributed by atoms with Gasteiger partial charge in [-0.05, 0) is 63.4 Å². The Morgan fingerprint density at radius 3 is 2.13 bits per heavy atom. The van der Waals surface area contributed by atoms with Crippen LogP contribution < -0.4 is 15.4 Å². The second-order valence-electron chi connectivity index (χ2n) is 10.1. The molecule has 39 heavy (non-hydrogen) atoms. The van der Waals surface area contributed by atoms with E-state index in [-0.39, 0.29) is 11.9 Å². The van der Waals surface area contributed by atoms with Crippen LogP contribution in [0.5, 0.6) is 6.01 Å². The van der Waals surface area contributed by atoms with Gasteiger partial charge in [0.05, 0.1) is 11.1 Å². The fourth-order valence-corrected chi connectivity index (χ4v) is 3.63. The number of esters is 1. The van der Waals surface area contributed by atoms with Crippen LogP contribution in [0.25, 0.3) is 0 Å². The summed E-state index contributed by atoms with van der Waals surface area (Å²) in [6.45, 7) is 3.68. The largest absolute Gasteiger partial charge is 0.456 e. The van der Waals surface area contributed by atoms with Crippen LogP contribution in [0.15, 0.2) is 48.5 Å². The predicted molar refractivity (Wildman–Crippen MR) is 134 cm³/mol. The lowest BCUT2D eigenvalue weighted by molar-refractivity contribution is -0.154. The number of hydrogen-bond donors (Lipinski definition) is 4. The molecule has 4 N–H and O–H groups in total. The maximum atomic E-state index is 12.8. The lowest BCUT2D eigenvalue weighted by Crippen LogP contribution is -2.23. The van der Waals surface area contributed by atoms with Gasteiger partial charge >= 0.3 is 18.2 Å². The van der Waals surface area contributed by atoms with Crippen LogP contribution >= 0.6 is 0 Å². The molecule has 1 heterocycles. The molecule has 4 rings (SSSR count). The first-order valence-electron chi connectivity index (χ1n) is 12.0. The van der Waals surface area contributed by atoms with Crippen LogP contribution in [0.4, 0.5) is 30.8 Å². The molecule has 1 aliphatic rings. The van der Waals surface area contributed by atoms with Crippen molar-refractivity contribution in [3.63, 3.8) is 0 Å². The van der Waals surface area contributed by atoms with Gasteiger partial charge in [-0.25, -0.2) is 4.79 Å². The van der Waals surface area contributed by atoms with Crippen molar-refractivity contribution in [1.29, 1.82) is 0 Å². The highest BCUT2D eigenvalue weighted by Crippen LogP contribution is 2.48. The molecule has 0 saturated heterocycles. The second-order valence-corrected chi connectivity index (χ2v) is 10.1. The molecule has 0 spiro atoms. The molecule has 208 valence electrons. The quantitative estimate of drug-likeness (QED) is 0.222. The molecular weight excluding hydrogens is 519 g/mol. The van der Waals surface area contributed by atoms with Crippen LogP contribution in [-0.2, 0) is 10.3 Å². The van der Waals surface area contributed by atoms with E-state index in [0.717, 1.165) is 5.56 Å². The van der Waals surface area contributed by atoms with Crippen LogP contribution in [0.3, 0.4) is 0 Å². The first kappa shape index (κ1) is 28.0. The number of benzene rings is 2. The van der Waals surface area contributed by atoms with Gasteiger partial charge in [-0.1, -0.05) is 24.3 Å². The lowest BCUT2D eigenvalue weighted by Gasteiger charge is -2.20. The van der Waals surface area contributed by atoms with E-state index < -0.39 is 42.2 Å². The van der Waals surface area contributed by atoms with E-state index in [0.29, 0.717) is 29.7 Å². The Hall–Kier alpha value is -3.97. The topological polar surface area (TPSA) is 139 Å². The summed E-state index contributed by atoms with van der Waals surface area (Å²) in [4.78, 5) is 24.5. The standard InChI is InChI=1S/C26H28F3N5O5/c1-24(2,3)39-20(37)16-6-10-18(11-7-16)30-21-31-22(33-23(32-21)38-14-26(27,28)29)34-25(12-13-25)17-8-4-15(5-9-17)19(35)36/h4-11,19,35-36H,12-14H2,1-3H3,(H2,30,31,32,33,34). The summed E-state index contributed by atoms with van der Waals surface area (Å²) in [5.41, 5.74) is 0.669. The highest BCUT2D eigenvalue weighted by molar-refractivity contribution is 5.90. The van der Waals surface area contributed by atoms with E-state index in [1.807, 2.05) is 0 Å². The molecule has 2 aromatic carbocycles. The Morgan fingerprint density at radius 2 is 1.59 bits per heavy atom. The summed E-state index contributed by atoms with van der Waals surface area (Å²) in [6, 6.07) is 12.3. The van der Waals surface area contributed by atoms with Gasteiger partial charge in [0.25, 0.3) is 0 Å². The number of hydrogen-bond acceptors (Lipinski definition) is 10. The molecule has 1 saturated carbocycles. The molecule has 13 heteroatoms. The Bertz CT molecular complexity index is 1310. The van der Waals surface area contributed by atoms with Gasteiger partial charge in [-0.2, -0.15) is 28.1 Å². The zero-order chi connectivity index (χ0) is 28.4. The summed E-state index contributed by atoms with van der Waals surface area (Å²) in [7, 11) is 0. The molecule has 0 aliphatic heterocycles. The first-order valence-corrected chi connectivity index (χ1v) is 12.0. The first-order chi connectivity index (χ1) is 18.2. The number of aliphatic hydroxyl groups excluding tert-OH is 1. The number of anilines is 3. The zero-order valence-corrected chi connectivity index (χ0v) is 21.4. The Kier molecular flexibility index (Phi) is 7.66. The van der Waals surface area contributed by atoms with Crippen molar-refractivity contribution in [2.45, 2.75) is 57.2 Å². The van der Waals surface area contributed by atoms with Crippen molar-refractivity contribution in [1.82, 2.24) is 15.0 Å². The van der Waals surface area contributed by atoms with Crippen LogP contribution in [0, 0.1) is 0 Å². The molecule has 0 radical (unpaired) electrons. The van der Waals surface area contributed by atoms with E-state index in [4.69, 9.17) is 9.47 Å². The third-order valence-electron chi connectivity index (χ3n) is 5.62. The van der Waals surface area contributed by atoms with E-state index in [9.17, 15) is 28.2 Å². The number of rotatable bonds is 9. The summed E-state index contributed by atoms with van der Waals surface area (Å²) >= 11 is 0. The van der Waals surface area contributed by atoms with Crippen molar-refractivity contribution in [3.8, 4) is 6.01 Å². The summed E-state index contributed by atoms with van der Waals surface area (Å²) in [6.07, 6.45) is -4.83. The van der Waals surface area contributed by atoms with Gasteiger partial charge in [0.1, 0.15) is 5.60 Å². The van der Waals surface area contributed by atoms with Crippen molar-refractivity contribution in [2.75, 3.05) is 17.2 Å². The molecule has 10 nitrogen and oxygen atoms in total. The van der Waals surface area contributed by atoms with E-state index >= 15 is 0 Å². The summed E-state index contributed by atoms with van der Waals surface area (Å²) < 4.78 is 48.5. The van der Waals surface area contributed by atoms with Gasteiger partial charge in [0.15, 0.2) is 12.9 Å². The molecule has 1 fully saturated rings. The lowest BCUT2D eigenvalue weighted by atomic mass is 10.0. The minimum atomic E-state index is -4.60. The van der Waals surface area contributed by atoms with Gasteiger partial charge in [0, 0.05) is 11.3 Å². The van der Waals surface area contributed by atoms with Crippen LogP contribution in [0.1, 0.15) is 61.4 Å². The number of nitrogens with one attached hydrogen (secondary N) is 2. The molecule has 0 amide bonds. The van der Waals surface area contributed by atoms with Gasteiger partial charge < -0.3 is 30.3 Å². The Labute approximate surface area is 222 Å². The molecule has 1 aliphatic carbocycles. The number of ether oxygens (including phenoxy) is 2. The van der Waals surface area contributed by atoms with Gasteiger partial charge in [-0.3, -0.25) is 0 Å². The molecule has 3 aromatic rings. The number of aromatic nitrogens is 3. The highest BCUT2D eigenvalue weighted by atomic mass is 19.4. The van der Waals surface area contributed by atoms with E-state index in [2.05, 4.69) is 25.6 Å². The molecule has 0 atom stereocenters. The van der Waals surface area contributed by atoms with Crippen molar-refractivity contribution < 1.29 is 37.7 Å². The number of halogens is 3. The summed E-state index contributed by atoms with van der Waals surface area (Å²) in [5, 5.41) is 24.7. The molecule has 1 aromatic heterocycles. The number of nitrogens with zero attached hydrogens (tertiary/aromatic N) is 3. The maximum absolute atomic E-state index is 12.8. The number of carbonyl (C=O) groups is 1. The average Bonchev–Trinajstić information content (AvgIpc) is 3.62. The predicted octanol–water partition coefficient (Wildman–Crippen LogP) is 4.60. The maximum Gasteiger partial charge on any atom is 0.422 e. The third kappa shape index (κ3) is 7.77. The summed E-state index contributed by atoms with van der Waals surface area (Å²) in [5.74, 6) is -0.595. The smallest absolute Gasteiger partial charge is 0.422 e. The SMILES string of the molecule is CC(C)(C)OC(=O)c1ccc(Nc2nc(NC3(c4ccc(C(O)O)cc4)CC3)nc(OCC(F)(F)F)n2)cc1. The fraction of sp³-hybridized carbons (Fsp3) is 0.385. The minimum Gasteiger partial charge on any atom is -0.456 e. The van der Waals surface area contributed by atoms with E-state index in [1.165, 1.54) is 12.1 Å². The van der Waals surface area contributed by atoms with Crippen molar-refractivity contribution >= 4 is 23.6 Å². The molecule has 0 unspecified atom stereocenters. The highest BCUT2D eigenvalue weighted by Gasteiger charge is 2.45. The van der Waals surface area contributed by atoms with Crippen LogP contribution in [0.2, 0.25) is 0 Å². The molecular formula is C26H28F3N5O5. The minimum absolute atomic E-state index is 0.0150. The monoisotopic (exact) mass is 547 g/mol. The van der Waals surface area contributed by atoms with Crippen LogP contribution in [-0.4, -0.2) is 49.5 Å². The average molecular weight is 548 g/mol. The van der Waals surface area contributed by atoms with E-state index in [1.54, 1.807) is 57.2 Å². The van der Waals surface area contributed by atoms with Gasteiger partial charge in [-0.15, -0.1) is 0 Å². The Morgan fingerprint density at radius 1 is 0.974 bits per heavy atom. The Balaban J connectivity index is 1.55. The number of carbonyl (C=O) groups excluding carboxylic acids is 1. The normalized spacial score (nSPS) is 14.6. The number of alkyl halides is 3. The van der Waals surface area contributed by atoms with Crippen molar-refractivity contribution in [3.05, 3.63) is 65.2 Å². The fourth-order valence-electron chi connectivity index (χ4n) is 3.63. The third-order valence-corrected chi connectivity index (χ3v) is 5.62. The zero-order valence-electron chi connectivity index (χ0n) is 21.4.